The van der Waals surface area contributed by atoms with Gasteiger partial charge < -0.3 is 9.64 Å². The summed E-state index contributed by atoms with van der Waals surface area (Å²) in [6, 6.07) is 2.45. The maximum atomic E-state index is 13.6. The summed E-state index contributed by atoms with van der Waals surface area (Å²) in [6.45, 7) is 5.21. The molecule has 1 saturated carbocycles. The van der Waals surface area contributed by atoms with Gasteiger partial charge in [0.2, 0.25) is 0 Å². The zero-order valence-electron chi connectivity index (χ0n) is 17.2. The van der Waals surface area contributed by atoms with Crippen LogP contribution in [0.1, 0.15) is 44.1 Å². The summed E-state index contributed by atoms with van der Waals surface area (Å²) in [7, 11) is 0. The van der Waals surface area contributed by atoms with Gasteiger partial charge in [-0.2, -0.15) is 28.5 Å². The molecule has 2 heterocycles. The second-order valence-electron chi connectivity index (χ2n) is 8.56. The summed E-state index contributed by atoms with van der Waals surface area (Å²) in [5, 5.41) is 13.7. The normalized spacial score (nSPS) is 23.3. The van der Waals surface area contributed by atoms with Crippen LogP contribution in [0.5, 0.6) is 11.8 Å². The summed E-state index contributed by atoms with van der Waals surface area (Å²) in [4.78, 5) is 6.25. The van der Waals surface area contributed by atoms with Crippen LogP contribution in [0.4, 0.5) is 17.6 Å². The van der Waals surface area contributed by atoms with E-state index < -0.39 is 17.6 Å². The number of hydrogen-bond acceptors (Lipinski definition) is 5. The van der Waals surface area contributed by atoms with Crippen molar-refractivity contribution in [3.63, 3.8) is 0 Å². The van der Waals surface area contributed by atoms with Gasteiger partial charge in [-0.05, 0) is 62.6 Å². The predicted octanol–water partition coefficient (Wildman–Crippen LogP) is 4.79. The van der Waals surface area contributed by atoms with Crippen LogP contribution in [0.3, 0.4) is 0 Å². The molecule has 1 aliphatic carbocycles. The van der Waals surface area contributed by atoms with Gasteiger partial charge >= 0.3 is 12.2 Å². The van der Waals surface area contributed by atoms with Crippen LogP contribution >= 0.6 is 0 Å². The monoisotopic (exact) mass is 437 g/mol. The number of benzene rings is 1. The number of rotatable bonds is 5. The number of halogens is 4. The minimum absolute atomic E-state index is 0.0755. The zero-order chi connectivity index (χ0) is 22.3. The lowest BCUT2D eigenvalue weighted by Gasteiger charge is -2.34. The van der Waals surface area contributed by atoms with Gasteiger partial charge in [0.15, 0.2) is 12.0 Å². The molecule has 2 aliphatic rings. The Morgan fingerprint density at radius 3 is 2.48 bits per heavy atom. The average molecular weight is 437 g/mol. The Morgan fingerprint density at radius 2 is 1.90 bits per heavy atom. The standard InChI is InChI=1S/C21H23F4N5O/c1-12(2)30-20(31-15-5-6-18(22)17(7-15)21(23,24)25)27-19(28-30)8-16-13-3-4-14(16)10-29(9-13)11-26/h5-7,12-14,16H,3-4,8-10H2,1-2H3/t13-,14+,16?. The maximum Gasteiger partial charge on any atom is 0.419 e. The molecule has 0 N–H and O–H groups in total. The first-order chi connectivity index (χ1) is 14.7. The molecule has 31 heavy (non-hydrogen) atoms. The number of hydrogen-bond donors (Lipinski definition) is 0. The Morgan fingerprint density at radius 1 is 1.23 bits per heavy atom. The quantitative estimate of drug-likeness (QED) is 0.497. The summed E-state index contributed by atoms with van der Waals surface area (Å²) in [5.74, 6) is 0.222. The molecule has 1 saturated heterocycles. The van der Waals surface area contributed by atoms with Crippen molar-refractivity contribution in [2.75, 3.05) is 13.1 Å². The van der Waals surface area contributed by atoms with Crippen LogP contribution in [0, 0.1) is 35.0 Å². The molecule has 1 aliphatic heterocycles. The number of likely N-dealkylation sites (tertiary alicyclic amines) is 1. The lowest BCUT2D eigenvalue weighted by molar-refractivity contribution is -0.140. The Balaban J connectivity index is 1.56. The van der Waals surface area contributed by atoms with Gasteiger partial charge in [-0.15, -0.1) is 0 Å². The van der Waals surface area contributed by atoms with Crippen molar-refractivity contribution >= 4 is 0 Å². The number of piperidine rings is 1. The minimum Gasteiger partial charge on any atom is -0.424 e. The van der Waals surface area contributed by atoms with Crippen molar-refractivity contribution in [2.24, 2.45) is 17.8 Å². The molecule has 2 aromatic rings. The maximum absolute atomic E-state index is 13.6. The lowest BCUT2D eigenvalue weighted by atomic mass is 9.83. The third kappa shape index (κ3) is 4.31. The number of alkyl halides is 3. The first-order valence-electron chi connectivity index (χ1n) is 10.3. The Hall–Kier alpha value is -2.83. The van der Waals surface area contributed by atoms with Crippen LogP contribution in [-0.2, 0) is 12.6 Å². The highest BCUT2D eigenvalue weighted by Crippen LogP contribution is 2.43. The van der Waals surface area contributed by atoms with E-state index in [0.717, 1.165) is 38.1 Å². The molecular weight excluding hydrogens is 414 g/mol. The minimum atomic E-state index is -4.82. The second-order valence-corrected chi connectivity index (χ2v) is 8.56. The fourth-order valence-corrected chi connectivity index (χ4v) is 4.70. The molecule has 2 fully saturated rings. The number of fused-ring (bicyclic) bond motifs is 2. The Kier molecular flexibility index (Phi) is 5.54. The van der Waals surface area contributed by atoms with E-state index >= 15 is 0 Å². The third-order valence-electron chi connectivity index (χ3n) is 6.17. The van der Waals surface area contributed by atoms with E-state index in [1.807, 2.05) is 13.8 Å². The van der Waals surface area contributed by atoms with Gasteiger partial charge in [0.1, 0.15) is 11.6 Å². The van der Waals surface area contributed by atoms with Gasteiger partial charge in [-0.1, -0.05) is 0 Å². The van der Waals surface area contributed by atoms with Gasteiger partial charge in [0.05, 0.1) is 11.6 Å². The fraction of sp³-hybridized carbons (Fsp3) is 0.571. The molecular formula is C21H23F4N5O. The third-order valence-corrected chi connectivity index (χ3v) is 6.17. The van der Waals surface area contributed by atoms with E-state index in [4.69, 9.17) is 4.74 Å². The summed E-state index contributed by atoms with van der Waals surface area (Å²) < 4.78 is 59.8. The first-order valence-corrected chi connectivity index (χ1v) is 10.3. The molecule has 4 rings (SSSR count). The van der Waals surface area contributed by atoms with Crippen molar-refractivity contribution < 1.29 is 22.3 Å². The molecule has 0 radical (unpaired) electrons. The SMILES string of the molecule is CC(C)n1nc(CC2[C@@H]3CC[C@H]2CN(C#N)C3)nc1Oc1ccc(F)c(C(F)(F)F)c1. The highest BCUT2D eigenvalue weighted by molar-refractivity contribution is 5.33. The van der Waals surface area contributed by atoms with Gasteiger partial charge in [-0.25, -0.2) is 9.07 Å². The zero-order valence-corrected chi connectivity index (χ0v) is 17.2. The van der Waals surface area contributed by atoms with Crippen molar-refractivity contribution in [3.8, 4) is 18.0 Å². The van der Waals surface area contributed by atoms with Crippen LogP contribution in [0.25, 0.3) is 0 Å². The predicted molar refractivity (Wildman–Crippen MR) is 102 cm³/mol. The van der Waals surface area contributed by atoms with E-state index in [2.05, 4.69) is 16.3 Å². The Bertz CT molecular complexity index is 983. The molecule has 3 atom stereocenters. The largest absolute Gasteiger partial charge is 0.424 e. The van der Waals surface area contributed by atoms with Gasteiger partial charge in [0, 0.05) is 19.5 Å². The van der Waals surface area contributed by atoms with Gasteiger partial charge in [0.25, 0.3) is 0 Å². The highest BCUT2D eigenvalue weighted by atomic mass is 19.4. The molecule has 1 unspecified atom stereocenters. The summed E-state index contributed by atoms with van der Waals surface area (Å²) >= 11 is 0. The van der Waals surface area contributed by atoms with Crippen molar-refractivity contribution in [1.82, 2.24) is 19.7 Å². The number of aromatic nitrogens is 3. The van der Waals surface area contributed by atoms with Crippen LogP contribution < -0.4 is 4.74 Å². The van der Waals surface area contributed by atoms with Crippen LogP contribution in [-0.4, -0.2) is 32.8 Å². The smallest absolute Gasteiger partial charge is 0.419 e. The van der Waals surface area contributed by atoms with E-state index in [9.17, 15) is 22.8 Å². The molecule has 166 valence electrons. The second kappa shape index (κ2) is 8.02. The molecule has 0 amide bonds. The van der Waals surface area contributed by atoms with Crippen molar-refractivity contribution in [2.45, 2.75) is 45.3 Å². The molecule has 1 aromatic heterocycles. The van der Waals surface area contributed by atoms with E-state index in [1.165, 1.54) is 4.68 Å². The molecule has 0 spiro atoms. The topological polar surface area (TPSA) is 67.0 Å². The van der Waals surface area contributed by atoms with Crippen molar-refractivity contribution in [3.05, 3.63) is 35.4 Å². The lowest BCUT2D eigenvalue weighted by Crippen LogP contribution is -2.40. The van der Waals surface area contributed by atoms with E-state index in [-0.39, 0.29) is 17.8 Å². The number of ether oxygens (including phenoxy) is 1. The average Bonchev–Trinajstić information content (AvgIpc) is 3.19. The van der Waals surface area contributed by atoms with Crippen LogP contribution in [0.15, 0.2) is 18.2 Å². The number of nitrogens with zero attached hydrogens (tertiary/aromatic N) is 5. The first kappa shape index (κ1) is 21.4. The fourth-order valence-electron chi connectivity index (χ4n) is 4.70. The van der Waals surface area contributed by atoms with E-state index in [1.54, 1.807) is 4.90 Å². The van der Waals surface area contributed by atoms with Crippen molar-refractivity contribution in [1.29, 1.82) is 5.26 Å². The summed E-state index contributed by atoms with van der Waals surface area (Å²) in [6.07, 6.45) is 0.174. The number of nitriles is 1. The summed E-state index contributed by atoms with van der Waals surface area (Å²) in [5.41, 5.74) is -1.39. The highest BCUT2D eigenvalue weighted by Gasteiger charge is 2.42. The molecule has 2 bridgehead atoms. The molecule has 10 heteroatoms. The Labute approximate surface area is 177 Å². The van der Waals surface area contributed by atoms with E-state index in [0.29, 0.717) is 36.1 Å². The molecule has 6 nitrogen and oxygen atoms in total. The van der Waals surface area contributed by atoms with Crippen LogP contribution in [0.2, 0.25) is 0 Å². The van der Waals surface area contributed by atoms with Gasteiger partial charge in [-0.3, -0.25) is 0 Å². The molecule has 1 aromatic carbocycles.